The molecule has 46 heavy (non-hydrogen) atoms. The molecular weight excluding hydrogens is 573 g/mol. The number of para-hydroxylation sites is 1. The maximum absolute atomic E-state index is 5.90. The zero-order chi connectivity index (χ0) is 31.9. The first-order valence-electron chi connectivity index (χ1n) is 16.3. The average molecular weight is 616 g/mol. The van der Waals surface area contributed by atoms with Crippen LogP contribution in [0.4, 0.5) is 5.69 Å². The predicted octanol–water partition coefficient (Wildman–Crippen LogP) is 10.3. The number of rotatable bonds is 9. The van der Waals surface area contributed by atoms with Crippen LogP contribution in [-0.4, -0.2) is 11.0 Å². The number of benzene rings is 6. The molecule has 2 heteroatoms. The maximum Gasteiger partial charge on any atom is 0.0798 e. The Labute approximate surface area is 275 Å². The molecule has 0 aliphatic rings. The van der Waals surface area contributed by atoms with Crippen molar-refractivity contribution in [1.29, 1.82) is 0 Å². The first-order valence-corrected chi connectivity index (χ1v) is 18.1. The second kappa shape index (κ2) is 14.2. The molecule has 0 N–H and O–H groups in total. The third-order valence-electron chi connectivity index (χ3n) is 8.65. The summed E-state index contributed by atoms with van der Waals surface area (Å²) >= 11 is 0. The van der Waals surface area contributed by atoms with Gasteiger partial charge in [0.2, 0.25) is 0 Å². The molecule has 0 heterocycles. The molecule has 0 bridgehead atoms. The van der Waals surface area contributed by atoms with Crippen LogP contribution in [0.3, 0.4) is 0 Å². The zero-order valence-corrected chi connectivity index (χ0v) is 28.1. The van der Waals surface area contributed by atoms with Gasteiger partial charge in [0.15, 0.2) is 0 Å². The van der Waals surface area contributed by atoms with E-state index in [9.17, 15) is 0 Å². The summed E-state index contributed by atoms with van der Waals surface area (Å²) in [6.45, 7) is 6.57. The summed E-state index contributed by atoms with van der Waals surface area (Å²) in [5, 5.41) is 5.17. The standard InChI is InChI=1S/C44H42NP/c1-33(2)40-31-20-32-41(34(3)4)43(40)45-42(35-21-10-5-11-22-35)44(36-23-12-6-13-24-36)46(37-25-14-7-15-26-37,38-27-16-8-17-28-38)39-29-18-9-19-30-39/h5-34H,1-4H3. The first-order chi connectivity index (χ1) is 22.5. The fraction of sp³-hybridized carbons (Fsp3) is 0.136. The lowest BCUT2D eigenvalue weighted by Gasteiger charge is -2.34. The Kier molecular flexibility index (Phi) is 9.62. The minimum atomic E-state index is -2.54. The Morgan fingerprint density at radius 2 is 0.761 bits per heavy atom. The average Bonchev–Trinajstić information content (AvgIpc) is 3.11. The smallest absolute Gasteiger partial charge is 0.0798 e. The highest BCUT2D eigenvalue weighted by molar-refractivity contribution is 7.97. The van der Waals surface area contributed by atoms with Gasteiger partial charge >= 0.3 is 0 Å². The Balaban J connectivity index is 1.94. The van der Waals surface area contributed by atoms with Crippen LogP contribution in [0.1, 0.15) is 61.8 Å². The van der Waals surface area contributed by atoms with Crippen molar-refractivity contribution >= 4 is 39.5 Å². The SMILES string of the molecule is CC(C)c1cccc(C(C)C)c1N=C(C(c1ccccc1)=P(c1ccccc1)(c1ccccc1)c1ccccc1)c1ccccc1. The van der Waals surface area contributed by atoms with Crippen LogP contribution >= 0.6 is 6.89 Å². The van der Waals surface area contributed by atoms with E-state index in [-0.39, 0.29) is 0 Å². The lowest BCUT2D eigenvalue weighted by atomic mass is 9.92. The molecule has 6 aromatic rings. The highest BCUT2D eigenvalue weighted by Gasteiger charge is 2.33. The van der Waals surface area contributed by atoms with Crippen molar-refractivity contribution < 1.29 is 0 Å². The number of aliphatic imine (C=N–C) groups is 1. The van der Waals surface area contributed by atoms with Crippen LogP contribution in [0.15, 0.2) is 175 Å². The van der Waals surface area contributed by atoms with Crippen molar-refractivity contribution in [2.45, 2.75) is 39.5 Å². The predicted molar refractivity (Wildman–Crippen MR) is 203 cm³/mol. The third-order valence-corrected chi connectivity index (χ3v) is 13.0. The van der Waals surface area contributed by atoms with E-state index in [4.69, 9.17) is 4.99 Å². The summed E-state index contributed by atoms with van der Waals surface area (Å²) in [6.07, 6.45) is 0. The van der Waals surface area contributed by atoms with Gasteiger partial charge in [-0.2, -0.15) is 0 Å². The number of hydrogen-bond acceptors (Lipinski definition) is 1. The van der Waals surface area contributed by atoms with Gasteiger partial charge in [-0.1, -0.05) is 198 Å². The van der Waals surface area contributed by atoms with Crippen LogP contribution < -0.4 is 15.9 Å². The highest BCUT2D eigenvalue weighted by Crippen LogP contribution is 2.49. The molecule has 0 aromatic heterocycles. The summed E-state index contributed by atoms with van der Waals surface area (Å²) in [4.78, 5) is 5.90. The molecule has 0 atom stereocenters. The quantitative estimate of drug-likeness (QED) is 0.113. The number of hydrogen-bond donors (Lipinski definition) is 0. The Bertz CT molecular complexity index is 1830. The van der Waals surface area contributed by atoms with E-state index >= 15 is 0 Å². The van der Waals surface area contributed by atoms with Crippen molar-refractivity contribution in [3.05, 3.63) is 192 Å². The summed E-state index contributed by atoms with van der Waals surface area (Å²) in [5.41, 5.74) is 6.95. The molecule has 0 radical (unpaired) electrons. The van der Waals surface area contributed by atoms with Crippen molar-refractivity contribution in [3.8, 4) is 0 Å². The molecular formula is C44H42NP. The first kappa shape index (κ1) is 31.3. The van der Waals surface area contributed by atoms with Gasteiger partial charge in [-0.25, -0.2) is 4.99 Å². The van der Waals surface area contributed by atoms with Crippen molar-refractivity contribution in [3.63, 3.8) is 0 Å². The molecule has 1 nitrogen and oxygen atoms in total. The van der Waals surface area contributed by atoms with E-state index in [0.29, 0.717) is 11.8 Å². The molecule has 0 spiro atoms. The molecule has 0 fully saturated rings. The minimum absolute atomic E-state index is 0.326. The van der Waals surface area contributed by atoms with E-state index in [1.54, 1.807) is 0 Å². The van der Waals surface area contributed by atoms with E-state index in [0.717, 1.165) is 17.0 Å². The summed E-state index contributed by atoms with van der Waals surface area (Å²) < 4.78 is 0. The monoisotopic (exact) mass is 615 g/mol. The van der Waals surface area contributed by atoms with Gasteiger partial charge in [0.25, 0.3) is 0 Å². The second-order valence-electron chi connectivity index (χ2n) is 12.3. The molecule has 228 valence electrons. The summed E-state index contributed by atoms with van der Waals surface area (Å²) in [6, 6.07) is 61.9. The molecule has 6 aromatic carbocycles. The van der Waals surface area contributed by atoms with Gasteiger partial charge in [0, 0.05) is 10.9 Å². The van der Waals surface area contributed by atoms with Gasteiger partial charge in [0.05, 0.1) is 11.4 Å². The molecule has 0 amide bonds. The van der Waals surface area contributed by atoms with Crippen LogP contribution in [0.5, 0.6) is 0 Å². The fourth-order valence-corrected chi connectivity index (χ4v) is 11.0. The van der Waals surface area contributed by atoms with Crippen LogP contribution in [0, 0.1) is 0 Å². The molecule has 0 aliphatic carbocycles. The Hall–Kier alpha value is -4.71. The van der Waals surface area contributed by atoms with Crippen molar-refractivity contribution in [2.24, 2.45) is 4.99 Å². The molecule has 6 rings (SSSR count). The Morgan fingerprint density at radius 3 is 1.13 bits per heavy atom. The van der Waals surface area contributed by atoms with Gasteiger partial charge < -0.3 is 0 Å². The highest BCUT2D eigenvalue weighted by atomic mass is 31.2. The van der Waals surface area contributed by atoms with Gasteiger partial charge in [0.1, 0.15) is 0 Å². The zero-order valence-electron chi connectivity index (χ0n) is 27.2. The lowest BCUT2D eigenvalue weighted by molar-refractivity contribution is 0.835. The molecule has 0 saturated carbocycles. The van der Waals surface area contributed by atoms with E-state index in [1.807, 2.05) is 0 Å². The fourth-order valence-electron chi connectivity index (χ4n) is 6.48. The van der Waals surface area contributed by atoms with Gasteiger partial charge in [-0.15, -0.1) is 0 Å². The third kappa shape index (κ3) is 6.09. The normalized spacial score (nSPS) is 12.0. The van der Waals surface area contributed by atoms with Crippen molar-refractivity contribution in [1.82, 2.24) is 0 Å². The van der Waals surface area contributed by atoms with E-state index < -0.39 is 6.89 Å². The number of nitrogens with zero attached hydrogens (tertiary/aromatic N) is 1. The summed E-state index contributed by atoms with van der Waals surface area (Å²) in [7, 11) is 0. The molecule has 0 aliphatic heterocycles. The largest absolute Gasteiger partial charge is 0.247 e. The van der Waals surface area contributed by atoms with E-state index in [1.165, 1.54) is 37.9 Å². The maximum atomic E-state index is 5.90. The van der Waals surface area contributed by atoms with Gasteiger partial charge in [-0.3, -0.25) is 0 Å². The second-order valence-corrected chi connectivity index (χ2v) is 15.7. The lowest BCUT2D eigenvalue weighted by Crippen LogP contribution is -2.34. The van der Waals surface area contributed by atoms with Crippen LogP contribution in [-0.2, 0) is 0 Å². The van der Waals surface area contributed by atoms with E-state index in [2.05, 4.69) is 198 Å². The molecule has 0 saturated heterocycles. The van der Waals surface area contributed by atoms with Crippen molar-refractivity contribution in [2.75, 3.05) is 0 Å². The van der Waals surface area contributed by atoms with Crippen LogP contribution in [0.25, 0.3) is 0 Å². The Morgan fingerprint density at radius 1 is 0.413 bits per heavy atom. The van der Waals surface area contributed by atoms with Gasteiger partial charge in [-0.05, 0) is 51.3 Å². The topological polar surface area (TPSA) is 12.4 Å². The van der Waals surface area contributed by atoms with Crippen LogP contribution in [0.2, 0.25) is 0 Å². The minimum Gasteiger partial charge on any atom is -0.247 e. The molecule has 0 unspecified atom stereocenters. The summed E-state index contributed by atoms with van der Waals surface area (Å²) in [5.74, 6) is 0.651.